The molecule has 1 rings (SSSR count). The largest absolute Gasteiger partial charge is 0.507 e. The second-order valence-electron chi connectivity index (χ2n) is 2.95. The van der Waals surface area contributed by atoms with Crippen LogP contribution < -0.4 is 0 Å². The normalized spacial score (nSPS) is 9.85. The molecule has 0 aromatic heterocycles. The van der Waals surface area contributed by atoms with Gasteiger partial charge in [0.25, 0.3) is 0 Å². The summed E-state index contributed by atoms with van der Waals surface area (Å²) in [4.78, 5) is 0. The first-order chi connectivity index (χ1) is 6.00. The number of hydrogen-bond acceptors (Lipinski definition) is 1. The Hall–Kier alpha value is -0.280. The summed E-state index contributed by atoms with van der Waals surface area (Å²) in [6.45, 7) is 3.90. The lowest BCUT2D eigenvalue weighted by Crippen LogP contribution is -1.83. The molecule has 1 aromatic rings. The van der Waals surface area contributed by atoms with E-state index < -0.39 is 0 Å². The highest BCUT2D eigenvalue weighted by molar-refractivity contribution is 9.28. The quantitative estimate of drug-likeness (QED) is 0.828. The second-order valence-corrected chi connectivity index (χ2v) is 5.73. The molecule has 0 unspecified atom stereocenters. The molecule has 1 nitrogen and oxygen atoms in total. The third-order valence-electron chi connectivity index (χ3n) is 1.74. The van der Waals surface area contributed by atoms with Crippen LogP contribution in [-0.2, 0) is 0 Å². The minimum absolute atomic E-state index is 0.335. The number of rotatable bonds is 1. The molecule has 0 atom stereocenters. The Balaban J connectivity index is 3.28. The highest BCUT2D eigenvalue weighted by Crippen LogP contribution is 2.28. The average molecular weight is 306 g/mol. The molecule has 0 heterocycles. The van der Waals surface area contributed by atoms with E-state index in [1.807, 2.05) is 32.1 Å². The van der Waals surface area contributed by atoms with Gasteiger partial charge < -0.3 is 5.11 Å². The highest BCUT2D eigenvalue weighted by atomic mass is 79.9. The Morgan fingerprint density at radius 2 is 1.92 bits per heavy atom. The van der Waals surface area contributed by atoms with Crippen LogP contribution in [0.1, 0.15) is 16.7 Å². The van der Waals surface area contributed by atoms with Gasteiger partial charge in [0.05, 0.1) is 3.39 Å². The summed E-state index contributed by atoms with van der Waals surface area (Å²) in [5, 5.41) is 9.68. The molecule has 1 aromatic carbocycles. The van der Waals surface area contributed by atoms with Crippen LogP contribution in [0.4, 0.5) is 0 Å². The molecule has 70 valence electrons. The topological polar surface area (TPSA) is 20.2 Å². The van der Waals surface area contributed by atoms with Gasteiger partial charge in [-0.25, -0.2) is 0 Å². The first-order valence-corrected chi connectivity index (χ1v) is 5.42. The van der Waals surface area contributed by atoms with Crippen LogP contribution in [0, 0.1) is 13.8 Å². The number of aromatic hydroxyl groups is 1. The van der Waals surface area contributed by atoms with E-state index in [4.69, 9.17) is 0 Å². The summed E-state index contributed by atoms with van der Waals surface area (Å²) in [6.07, 6.45) is 1.83. The van der Waals surface area contributed by atoms with E-state index >= 15 is 0 Å². The van der Waals surface area contributed by atoms with Gasteiger partial charge in [-0.1, -0.05) is 11.6 Å². The smallest absolute Gasteiger partial charge is 0.125 e. The Labute approximate surface area is 94.7 Å². The van der Waals surface area contributed by atoms with Crippen LogP contribution in [0.5, 0.6) is 5.75 Å². The molecule has 0 bridgehead atoms. The van der Waals surface area contributed by atoms with Crippen LogP contribution in [-0.4, -0.2) is 5.11 Å². The maximum atomic E-state index is 9.68. The third-order valence-corrected chi connectivity index (χ3v) is 2.20. The van der Waals surface area contributed by atoms with Crippen LogP contribution in [0.2, 0.25) is 0 Å². The van der Waals surface area contributed by atoms with Gasteiger partial charge in [-0.05, 0) is 63.4 Å². The van der Waals surface area contributed by atoms with E-state index in [9.17, 15) is 5.11 Å². The fourth-order valence-electron chi connectivity index (χ4n) is 1.22. The summed E-state index contributed by atoms with van der Waals surface area (Å²) in [6, 6.07) is 3.89. The maximum Gasteiger partial charge on any atom is 0.125 e. The number of phenols is 1. The molecule has 0 radical (unpaired) electrons. The second kappa shape index (κ2) is 4.29. The summed E-state index contributed by atoms with van der Waals surface area (Å²) in [5.41, 5.74) is 2.86. The van der Waals surface area contributed by atoms with Crippen molar-refractivity contribution in [2.45, 2.75) is 13.8 Å². The molecule has 13 heavy (non-hydrogen) atoms. The van der Waals surface area contributed by atoms with Gasteiger partial charge in [0.15, 0.2) is 0 Å². The van der Waals surface area contributed by atoms with Gasteiger partial charge in [0.1, 0.15) is 5.75 Å². The van der Waals surface area contributed by atoms with Crippen molar-refractivity contribution in [2.75, 3.05) is 0 Å². The molecule has 0 amide bonds. The van der Waals surface area contributed by atoms with Crippen molar-refractivity contribution in [2.24, 2.45) is 0 Å². The number of halogens is 2. The number of phenolic OH excluding ortho intramolecular Hbond substituents is 1. The lowest BCUT2D eigenvalue weighted by Gasteiger charge is -2.04. The fourth-order valence-corrected chi connectivity index (χ4v) is 1.71. The minimum atomic E-state index is 0.335. The van der Waals surface area contributed by atoms with Crippen LogP contribution in [0.3, 0.4) is 0 Å². The van der Waals surface area contributed by atoms with Crippen LogP contribution >= 0.6 is 31.9 Å². The molecule has 3 heteroatoms. The predicted octanol–water partition coefficient (Wildman–Crippen LogP) is 4.10. The fraction of sp³-hybridized carbons (Fsp3) is 0.200. The zero-order chi connectivity index (χ0) is 10.0. The number of aryl methyl sites for hydroxylation is 2. The van der Waals surface area contributed by atoms with Gasteiger partial charge >= 0.3 is 0 Å². The molecule has 0 saturated heterocycles. The lowest BCUT2D eigenvalue weighted by atomic mass is 10.1. The van der Waals surface area contributed by atoms with Crippen LogP contribution in [0.15, 0.2) is 15.5 Å². The van der Waals surface area contributed by atoms with Crippen molar-refractivity contribution < 1.29 is 5.11 Å². The molecular weight excluding hydrogens is 296 g/mol. The molecule has 0 fully saturated rings. The van der Waals surface area contributed by atoms with Gasteiger partial charge in [-0.15, -0.1) is 0 Å². The SMILES string of the molecule is Cc1cc(C)c(O)c(C=C(Br)Br)c1. The van der Waals surface area contributed by atoms with E-state index in [0.29, 0.717) is 5.75 Å². The minimum Gasteiger partial charge on any atom is -0.507 e. The Kier molecular flexibility index (Phi) is 3.56. The summed E-state index contributed by atoms with van der Waals surface area (Å²) in [5.74, 6) is 0.335. The van der Waals surface area contributed by atoms with E-state index in [1.54, 1.807) is 0 Å². The zero-order valence-corrected chi connectivity index (χ0v) is 10.6. The highest BCUT2D eigenvalue weighted by Gasteiger charge is 2.02. The summed E-state index contributed by atoms with van der Waals surface area (Å²) in [7, 11) is 0. The molecule has 1 N–H and O–H groups in total. The maximum absolute atomic E-state index is 9.68. The molecule has 0 spiro atoms. The number of benzene rings is 1. The standard InChI is InChI=1S/C10H10Br2O/c1-6-3-7(2)10(13)8(4-6)5-9(11)12/h3-5,13H,1-2H3. The molecule has 0 aliphatic carbocycles. The molecule has 0 saturated carbocycles. The first-order valence-electron chi connectivity index (χ1n) is 3.83. The van der Waals surface area contributed by atoms with E-state index in [0.717, 1.165) is 20.1 Å². The van der Waals surface area contributed by atoms with Crippen molar-refractivity contribution in [1.82, 2.24) is 0 Å². The molecular formula is C10H10Br2O. The molecule has 0 aliphatic heterocycles. The Morgan fingerprint density at radius 3 is 2.46 bits per heavy atom. The predicted molar refractivity (Wildman–Crippen MR) is 63.4 cm³/mol. The lowest BCUT2D eigenvalue weighted by molar-refractivity contribution is 0.469. The van der Waals surface area contributed by atoms with Crippen molar-refractivity contribution in [3.8, 4) is 5.75 Å². The first kappa shape index (κ1) is 10.8. The van der Waals surface area contributed by atoms with Gasteiger partial charge in [-0.3, -0.25) is 0 Å². The zero-order valence-electron chi connectivity index (χ0n) is 7.44. The summed E-state index contributed by atoms with van der Waals surface area (Å²) >= 11 is 6.52. The number of hydrogen-bond donors (Lipinski definition) is 1. The Bertz CT molecular complexity index is 352. The van der Waals surface area contributed by atoms with E-state index in [2.05, 4.69) is 31.9 Å². The van der Waals surface area contributed by atoms with Gasteiger partial charge in [-0.2, -0.15) is 0 Å². The Morgan fingerprint density at radius 1 is 1.31 bits per heavy atom. The van der Waals surface area contributed by atoms with E-state index in [-0.39, 0.29) is 0 Å². The van der Waals surface area contributed by atoms with E-state index in [1.165, 1.54) is 0 Å². The van der Waals surface area contributed by atoms with Gasteiger partial charge in [0, 0.05) is 5.56 Å². The third kappa shape index (κ3) is 2.85. The summed E-state index contributed by atoms with van der Waals surface area (Å²) < 4.78 is 0.820. The van der Waals surface area contributed by atoms with Crippen molar-refractivity contribution in [3.63, 3.8) is 0 Å². The van der Waals surface area contributed by atoms with Crippen molar-refractivity contribution >= 4 is 37.9 Å². The average Bonchev–Trinajstić information content (AvgIpc) is 1.98. The van der Waals surface area contributed by atoms with Crippen molar-refractivity contribution in [3.05, 3.63) is 32.2 Å². The van der Waals surface area contributed by atoms with Crippen LogP contribution in [0.25, 0.3) is 6.08 Å². The van der Waals surface area contributed by atoms with Gasteiger partial charge in [0.2, 0.25) is 0 Å². The monoisotopic (exact) mass is 304 g/mol. The van der Waals surface area contributed by atoms with Crippen molar-refractivity contribution in [1.29, 1.82) is 0 Å². The molecule has 0 aliphatic rings.